The van der Waals surface area contributed by atoms with Gasteiger partial charge in [-0.15, -0.1) is 0 Å². The number of aliphatic hydroxyl groups is 5. The summed E-state index contributed by atoms with van der Waals surface area (Å²) in [6.45, 7) is 5.24. The zero-order valence-electron chi connectivity index (χ0n) is 27.0. The molecule has 2 heterocycles. The molecule has 14 atom stereocenters. The summed E-state index contributed by atoms with van der Waals surface area (Å²) in [5.41, 5.74) is 22.4. The number of carbonyl (C=O) groups is 1. The maximum absolute atomic E-state index is 12.6. The molecule has 0 aromatic rings. The number of hydrogen-bond acceptors (Lipinski definition) is 16. The third-order valence-electron chi connectivity index (χ3n) is 9.52. The third kappa shape index (κ3) is 8.87. The molecule has 0 bridgehead atoms. The predicted octanol–water partition coefficient (Wildman–Crippen LogP) is -5.43. The number of nitrogens with one attached hydrogen (secondary N) is 2. The van der Waals surface area contributed by atoms with E-state index in [1.54, 1.807) is 7.05 Å². The Bertz CT molecular complexity index is 951. The van der Waals surface area contributed by atoms with Gasteiger partial charge in [0.2, 0.25) is 5.91 Å². The molecule has 264 valence electrons. The second-order valence-electron chi connectivity index (χ2n) is 13.5. The van der Waals surface area contributed by atoms with Gasteiger partial charge in [-0.2, -0.15) is 0 Å². The van der Waals surface area contributed by atoms with Crippen LogP contribution >= 0.6 is 0 Å². The molecule has 2 aliphatic heterocycles. The molecule has 2 saturated heterocycles. The molecule has 0 aromatic carbocycles. The van der Waals surface area contributed by atoms with Crippen molar-refractivity contribution in [2.24, 2.45) is 22.9 Å². The molecular formula is C28H57N7O10. The summed E-state index contributed by atoms with van der Waals surface area (Å²) in [6.07, 6.45) is -8.04. The highest BCUT2D eigenvalue weighted by molar-refractivity contribution is 5.81. The highest BCUT2D eigenvalue weighted by atomic mass is 16.7. The highest BCUT2D eigenvalue weighted by Gasteiger charge is 2.52. The molecule has 0 radical (unpaired) electrons. The Morgan fingerprint density at radius 2 is 1.78 bits per heavy atom. The Labute approximate surface area is 264 Å². The Balaban J connectivity index is 1.82. The minimum atomic E-state index is -1.51. The van der Waals surface area contributed by atoms with Crippen molar-refractivity contribution in [2.75, 3.05) is 40.4 Å². The van der Waals surface area contributed by atoms with E-state index in [1.165, 1.54) is 6.92 Å². The molecule has 1 unspecified atom stereocenters. The summed E-state index contributed by atoms with van der Waals surface area (Å²) < 4.78 is 24.4. The van der Waals surface area contributed by atoms with Crippen molar-refractivity contribution in [1.29, 1.82) is 0 Å². The fraction of sp³-hybridized carbons (Fsp3) is 0.964. The zero-order chi connectivity index (χ0) is 33.9. The average molecular weight is 652 g/mol. The maximum Gasteiger partial charge on any atom is 0.250 e. The first-order valence-electron chi connectivity index (χ1n) is 15.6. The van der Waals surface area contributed by atoms with Crippen LogP contribution in [-0.2, 0) is 23.7 Å². The largest absolute Gasteiger partial charge is 0.395 e. The molecule has 17 nitrogen and oxygen atoms in total. The lowest BCUT2D eigenvalue weighted by Crippen LogP contribution is -2.69. The minimum absolute atomic E-state index is 0.0457. The molecule has 1 amide bonds. The first-order valence-corrected chi connectivity index (χ1v) is 15.6. The smallest absolute Gasteiger partial charge is 0.250 e. The van der Waals surface area contributed by atoms with Gasteiger partial charge in [0.15, 0.2) is 12.6 Å². The van der Waals surface area contributed by atoms with Gasteiger partial charge in [-0.3, -0.25) is 9.69 Å². The van der Waals surface area contributed by atoms with Crippen molar-refractivity contribution < 1.29 is 49.3 Å². The van der Waals surface area contributed by atoms with Crippen LogP contribution in [0.2, 0.25) is 0 Å². The van der Waals surface area contributed by atoms with E-state index in [4.69, 9.17) is 41.9 Å². The molecule has 3 aliphatic rings. The Morgan fingerprint density at radius 3 is 2.38 bits per heavy atom. The lowest BCUT2D eigenvalue weighted by Gasteiger charge is -2.50. The van der Waals surface area contributed by atoms with Crippen LogP contribution in [-0.4, -0.2) is 167 Å². The summed E-state index contributed by atoms with van der Waals surface area (Å²) in [4.78, 5) is 14.6. The van der Waals surface area contributed by atoms with E-state index < -0.39 is 90.4 Å². The topological polar surface area (TPSA) is 287 Å². The SMILES string of the molecule is CN[C@@H]1[C@@H](O)[C@@H](O[C@@H]2[C@@H](O)[C@H](O[C@H]3O[C@H](C(C)(C)N(C)CC(N)CO)CC[C@H]3N)[C@@H](N)C[C@H]2NC(=O)[C@@H](O)CN)OC[C@]1(C)O. The quantitative estimate of drug-likeness (QED) is 0.0886. The lowest BCUT2D eigenvalue weighted by atomic mass is 9.83. The summed E-state index contributed by atoms with van der Waals surface area (Å²) in [5, 5.41) is 58.2. The van der Waals surface area contributed by atoms with Crippen molar-refractivity contribution in [3.05, 3.63) is 0 Å². The number of likely N-dealkylation sites (N-methyl/N-ethyl adjacent to an activating group) is 2. The molecular weight excluding hydrogens is 594 g/mol. The summed E-state index contributed by atoms with van der Waals surface area (Å²) in [7, 11) is 3.46. The van der Waals surface area contributed by atoms with E-state index in [9.17, 15) is 30.3 Å². The first-order chi connectivity index (χ1) is 21.0. The van der Waals surface area contributed by atoms with E-state index in [1.807, 2.05) is 25.8 Å². The van der Waals surface area contributed by atoms with Crippen molar-refractivity contribution >= 4 is 5.91 Å². The molecule has 1 saturated carbocycles. The normalized spacial score (nSPS) is 41.1. The van der Waals surface area contributed by atoms with Crippen molar-refractivity contribution in [3.63, 3.8) is 0 Å². The van der Waals surface area contributed by atoms with Gasteiger partial charge in [0.1, 0.15) is 36.1 Å². The van der Waals surface area contributed by atoms with Crippen LogP contribution < -0.4 is 33.6 Å². The average Bonchev–Trinajstić information content (AvgIpc) is 2.98. The van der Waals surface area contributed by atoms with Gasteiger partial charge >= 0.3 is 0 Å². The number of nitrogens with zero attached hydrogens (tertiary/aromatic N) is 1. The van der Waals surface area contributed by atoms with E-state index in [0.29, 0.717) is 19.4 Å². The summed E-state index contributed by atoms with van der Waals surface area (Å²) >= 11 is 0. The number of hydrogen-bond donors (Lipinski definition) is 11. The Kier molecular flexibility index (Phi) is 13.5. The maximum atomic E-state index is 12.6. The summed E-state index contributed by atoms with van der Waals surface area (Å²) in [6, 6.07) is -3.58. The monoisotopic (exact) mass is 651 g/mol. The predicted molar refractivity (Wildman–Crippen MR) is 162 cm³/mol. The molecule has 1 aliphatic carbocycles. The van der Waals surface area contributed by atoms with Crippen LogP contribution in [0.4, 0.5) is 0 Å². The van der Waals surface area contributed by atoms with Crippen LogP contribution in [0.5, 0.6) is 0 Å². The van der Waals surface area contributed by atoms with Crippen molar-refractivity contribution in [2.45, 2.75) is 131 Å². The van der Waals surface area contributed by atoms with Crippen LogP contribution in [0.15, 0.2) is 0 Å². The molecule has 0 spiro atoms. The second kappa shape index (κ2) is 15.8. The van der Waals surface area contributed by atoms with E-state index >= 15 is 0 Å². The zero-order valence-corrected chi connectivity index (χ0v) is 27.0. The molecule has 15 N–H and O–H groups in total. The van der Waals surface area contributed by atoms with E-state index in [2.05, 4.69) is 10.6 Å². The van der Waals surface area contributed by atoms with Crippen LogP contribution in [0.25, 0.3) is 0 Å². The van der Waals surface area contributed by atoms with Gasteiger partial charge < -0.3 is 78.0 Å². The van der Waals surface area contributed by atoms with Gasteiger partial charge in [0.25, 0.3) is 0 Å². The van der Waals surface area contributed by atoms with Gasteiger partial charge in [-0.25, -0.2) is 0 Å². The molecule has 0 aromatic heterocycles. The molecule has 17 heteroatoms. The number of ether oxygens (including phenoxy) is 4. The number of amides is 1. The minimum Gasteiger partial charge on any atom is -0.395 e. The van der Waals surface area contributed by atoms with E-state index in [0.717, 1.165) is 0 Å². The Morgan fingerprint density at radius 1 is 1.13 bits per heavy atom. The fourth-order valence-corrected chi connectivity index (χ4v) is 6.35. The molecule has 3 rings (SSSR count). The summed E-state index contributed by atoms with van der Waals surface area (Å²) in [5.74, 6) is -0.788. The van der Waals surface area contributed by atoms with Gasteiger partial charge in [-0.05, 0) is 54.1 Å². The van der Waals surface area contributed by atoms with Gasteiger partial charge in [0, 0.05) is 30.7 Å². The number of rotatable bonds is 13. The first kappa shape index (κ1) is 38.3. The number of carbonyl (C=O) groups excluding carboxylic acids is 1. The fourth-order valence-electron chi connectivity index (χ4n) is 6.35. The number of nitrogens with two attached hydrogens (primary N) is 4. The van der Waals surface area contributed by atoms with Gasteiger partial charge in [-0.1, -0.05) is 0 Å². The van der Waals surface area contributed by atoms with Crippen molar-refractivity contribution in [1.82, 2.24) is 15.5 Å². The second-order valence-corrected chi connectivity index (χ2v) is 13.5. The standard InChI is InChI=1S/C28H57N7O10/c1-27(2,35(5)10-13(30)11-36)18-7-6-14(31)25(43-18)44-21-15(32)8-16(34-24(40)17(37)9-29)22(19(21)38)45-26-20(39)23(33-4)28(3,41)12-42-26/h13-23,25-26,33,36-39,41H,6-12,29-32H2,1-5H3,(H,34,40)/t13?,14-,15+,16-,17+,18+,19+,20-,21-,22+,23-,25-,26-,28+/m1/s1. The number of aliphatic hydroxyl groups excluding tert-OH is 4. The van der Waals surface area contributed by atoms with Crippen molar-refractivity contribution in [3.8, 4) is 0 Å². The van der Waals surface area contributed by atoms with Crippen LogP contribution in [0, 0.1) is 0 Å². The molecule has 45 heavy (non-hydrogen) atoms. The van der Waals surface area contributed by atoms with Crippen LogP contribution in [0.1, 0.15) is 40.0 Å². The lowest BCUT2D eigenvalue weighted by molar-refractivity contribution is -0.310. The third-order valence-corrected chi connectivity index (χ3v) is 9.52. The molecule has 3 fully saturated rings. The van der Waals surface area contributed by atoms with Gasteiger partial charge in [0.05, 0.1) is 37.4 Å². The Hall–Kier alpha value is -1.13. The highest BCUT2D eigenvalue weighted by Crippen LogP contribution is 2.34. The van der Waals surface area contributed by atoms with Crippen LogP contribution in [0.3, 0.4) is 0 Å². The van der Waals surface area contributed by atoms with E-state index in [-0.39, 0.29) is 32.3 Å².